The molecule has 0 amide bonds. The molecule has 0 fully saturated rings. The summed E-state index contributed by atoms with van der Waals surface area (Å²) >= 11 is 0. The van der Waals surface area contributed by atoms with Gasteiger partial charge in [0.25, 0.3) is 0 Å². The number of benzene rings is 1. The van der Waals surface area contributed by atoms with Crippen LogP contribution in [0, 0.1) is 0 Å². The fraction of sp³-hybridized carbons (Fsp3) is 0.600. The molecule has 0 spiro atoms. The second kappa shape index (κ2) is 7.83. The van der Waals surface area contributed by atoms with Crippen LogP contribution in [0.5, 0.6) is 0 Å². The first-order valence-electron chi connectivity index (χ1n) is 7.33. The molecule has 0 atom stereocenters. The molecule has 0 heterocycles. The summed E-state index contributed by atoms with van der Waals surface area (Å²) in [6.07, 6.45) is 0. The van der Waals surface area contributed by atoms with E-state index in [-0.39, 0.29) is 5.54 Å². The molecule has 0 aliphatic heterocycles. The van der Waals surface area contributed by atoms with Crippen LogP contribution >= 0.6 is 0 Å². The molecule has 0 saturated carbocycles. The Hall–Kier alpha value is -1.04. The van der Waals surface area contributed by atoms with Crippen molar-refractivity contribution >= 4 is 7.25 Å². The van der Waals surface area contributed by atoms with E-state index in [9.17, 15) is 17.3 Å². The van der Waals surface area contributed by atoms with Crippen LogP contribution in [0.2, 0.25) is 0 Å². The van der Waals surface area contributed by atoms with Gasteiger partial charge in [-0.2, -0.15) is 0 Å². The molecule has 0 N–H and O–H groups in total. The Morgan fingerprint density at radius 3 is 1.48 bits per heavy atom. The molecular weight excluding hydrogens is 281 g/mol. The summed E-state index contributed by atoms with van der Waals surface area (Å²) in [4.78, 5) is 0. The van der Waals surface area contributed by atoms with Crippen LogP contribution < -0.4 is 0 Å². The lowest BCUT2D eigenvalue weighted by molar-refractivity contribution is -0.975. The monoisotopic (exact) mass is 307 g/mol. The van der Waals surface area contributed by atoms with Gasteiger partial charge in [-0.05, 0) is 34.6 Å². The average Bonchev–Trinajstić information content (AvgIpc) is 2.40. The van der Waals surface area contributed by atoms with E-state index in [0.717, 1.165) is 4.48 Å². The largest absolute Gasteiger partial charge is 0.673 e. The minimum absolute atomic E-state index is 0.194. The van der Waals surface area contributed by atoms with Crippen molar-refractivity contribution in [2.24, 2.45) is 0 Å². The van der Waals surface area contributed by atoms with Gasteiger partial charge in [-0.25, -0.2) is 0 Å². The van der Waals surface area contributed by atoms with Gasteiger partial charge in [0.2, 0.25) is 0 Å². The maximum Gasteiger partial charge on any atom is 0.673 e. The normalized spacial score (nSPS) is 12.6. The molecule has 21 heavy (non-hydrogen) atoms. The second-order valence-corrected chi connectivity index (χ2v) is 5.51. The van der Waals surface area contributed by atoms with Crippen LogP contribution in [-0.2, 0) is 5.54 Å². The third-order valence-corrected chi connectivity index (χ3v) is 4.48. The SMILES string of the molecule is CC[N+](CC)(CC)C(C)(C)c1ccccc1.F[B-](F)(F)F. The van der Waals surface area contributed by atoms with E-state index in [1.165, 1.54) is 25.2 Å². The van der Waals surface area contributed by atoms with Crippen molar-refractivity contribution in [3.8, 4) is 0 Å². The third-order valence-electron chi connectivity index (χ3n) is 4.48. The van der Waals surface area contributed by atoms with Crippen LogP contribution in [0.15, 0.2) is 30.3 Å². The predicted octanol–water partition coefficient (Wildman–Crippen LogP) is 5.10. The Morgan fingerprint density at radius 2 is 1.19 bits per heavy atom. The Labute approximate surface area is 125 Å². The summed E-state index contributed by atoms with van der Waals surface area (Å²) in [5.41, 5.74) is 1.64. The Kier molecular flexibility index (Phi) is 7.44. The first-order valence-corrected chi connectivity index (χ1v) is 7.33. The number of quaternary nitrogens is 1. The van der Waals surface area contributed by atoms with E-state index in [0.29, 0.717) is 0 Å². The van der Waals surface area contributed by atoms with Gasteiger partial charge < -0.3 is 21.7 Å². The number of hydrogen-bond donors (Lipinski definition) is 0. The quantitative estimate of drug-likeness (QED) is 0.403. The van der Waals surface area contributed by atoms with Gasteiger partial charge in [-0.1, -0.05) is 30.3 Å². The summed E-state index contributed by atoms with van der Waals surface area (Å²) in [5, 5.41) is 0. The number of nitrogens with zero attached hydrogens (tertiary/aromatic N) is 1. The highest BCUT2D eigenvalue weighted by Gasteiger charge is 2.41. The molecule has 0 aliphatic carbocycles. The van der Waals surface area contributed by atoms with Crippen LogP contribution in [-0.4, -0.2) is 31.4 Å². The van der Waals surface area contributed by atoms with Gasteiger partial charge in [-0.15, -0.1) is 0 Å². The Morgan fingerprint density at radius 1 is 0.857 bits per heavy atom. The highest BCUT2D eigenvalue weighted by atomic mass is 19.5. The van der Waals surface area contributed by atoms with Gasteiger partial charge in [0, 0.05) is 5.56 Å². The summed E-state index contributed by atoms with van der Waals surface area (Å²) in [6.45, 7) is 15.2. The van der Waals surface area contributed by atoms with E-state index >= 15 is 0 Å². The van der Waals surface area contributed by atoms with Crippen molar-refractivity contribution in [2.75, 3.05) is 19.6 Å². The molecule has 122 valence electrons. The van der Waals surface area contributed by atoms with E-state index in [1.807, 2.05) is 0 Å². The molecule has 6 heteroatoms. The predicted molar refractivity (Wildman–Crippen MR) is 81.5 cm³/mol. The Bertz CT molecular complexity index is 386. The minimum Gasteiger partial charge on any atom is -0.418 e. The molecule has 0 aromatic heterocycles. The lowest BCUT2D eigenvalue weighted by Gasteiger charge is -2.49. The molecule has 1 aromatic carbocycles. The zero-order valence-electron chi connectivity index (χ0n) is 13.5. The highest BCUT2D eigenvalue weighted by Crippen LogP contribution is 2.34. The van der Waals surface area contributed by atoms with Crippen molar-refractivity contribution in [3.63, 3.8) is 0 Å². The van der Waals surface area contributed by atoms with Crippen LogP contribution in [0.4, 0.5) is 17.3 Å². The maximum atomic E-state index is 9.75. The molecule has 0 aliphatic rings. The Balaban J connectivity index is 0.000000690. The van der Waals surface area contributed by atoms with Crippen LogP contribution in [0.1, 0.15) is 40.2 Å². The van der Waals surface area contributed by atoms with Gasteiger partial charge in [0.1, 0.15) is 5.54 Å². The first-order chi connectivity index (χ1) is 9.54. The summed E-state index contributed by atoms with van der Waals surface area (Å²) in [6, 6.07) is 10.9. The van der Waals surface area contributed by atoms with Crippen molar-refractivity contribution < 1.29 is 21.7 Å². The fourth-order valence-electron chi connectivity index (χ4n) is 2.98. The minimum atomic E-state index is -6.00. The first kappa shape index (κ1) is 20.0. The zero-order valence-corrected chi connectivity index (χ0v) is 13.5. The molecule has 0 radical (unpaired) electrons. The number of halogens is 4. The molecule has 1 nitrogen and oxygen atoms in total. The molecule has 0 unspecified atom stereocenters. The molecular formula is C15H26BF4N. The lowest BCUT2D eigenvalue weighted by Crippen LogP contribution is -2.59. The number of hydrogen-bond acceptors (Lipinski definition) is 0. The van der Waals surface area contributed by atoms with Crippen molar-refractivity contribution in [1.29, 1.82) is 0 Å². The molecule has 0 bridgehead atoms. The van der Waals surface area contributed by atoms with Gasteiger partial charge in [-0.3, -0.25) is 0 Å². The maximum absolute atomic E-state index is 9.75. The topological polar surface area (TPSA) is 0 Å². The van der Waals surface area contributed by atoms with Crippen molar-refractivity contribution in [2.45, 2.75) is 40.2 Å². The highest BCUT2D eigenvalue weighted by molar-refractivity contribution is 6.50. The van der Waals surface area contributed by atoms with E-state index in [1.54, 1.807) is 0 Å². The van der Waals surface area contributed by atoms with E-state index < -0.39 is 7.25 Å². The van der Waals surface area contributed by atoms with Crippen LogP contribution in [0.3, 0.4) is 0 Å². The van der Waals surface area contributed by atoms with Gasteiger partial charge in [0.15, 0.2) is 0 Å². The summed E-state index contributed by atoms with van der Waals surface area (Å²) in [5.74, 6) is 0. The van der Waals surface area contributed by atoms with Gasteiger partial charge >= 0.3 is 7.25 Å². The van der Waals surface area contributed by atoms with Gasteiger partial charge in [0.05, 0.1) is 19.6 Å². The molecule has 0 saturated heterocycles. The van der Waals surface area contributed by atoms with Crippen LogP contribution in [0.25, 0.3) is 0 Å². The second-order valence-electron chi connectivity index (χ2n) is 5.51. The van der Waals surface area contributed by atoms with E-state index in [2.05, 4.69) is 65.0 Å². The third kappa shape index (κ3) is 5.69. The van der Waals surface area contributed by atoms with Crippen molar-refractivity contribution in [3.05, 3.63) is 35.9 Å². The zero-order chi connectivity index (χ0) is 16.7. The van der Waals surface area contributed by atoms with Crippen molar-refractivity contribution in [1.82, 2.24) is 0 Å². The summed E-state index contributed by atoms with van der Waals surface area (Å²) < 4.78 is 40.1. The summed E-state index contributed by atoms with van der Waals surface area (Å²) in [7, 11) is -6.00. The molecule has 1 rings (SSSR count). The standard InChI is InChI=1S/C15H26N.BF4/c1-6-16(7-2,8-3)15(4,5)14-12-10-9-11-13-14;2-1(3,4)5/h9-13H,6-8H2,1-5H3;/q+1;-1. The van der Waals surface area contributed by atoms with E-state index in [4.69, 9.17) is 0 Å². The lowest BCUT2D eigenvalue weighted by atomic mass is 9.89. The smallest absolute Gasteiger partial charge is 0.418 e. The number of rotatable bonds is 5. The average molecular weight is 307 g/mol. The fourth-order valence-corrected chi connectivity index (χ4v) is 2.98. The molecule has 1 aromatic rings.